The van der Waals surface area contributed by atoms with Gasteiger partial charge in [-0.2, -0.15) is 0 Å². The van der Waals surface area contributed by atoms with Gasteiger partial charge in [-0.3, -0.25) is 4.79 Å². The van der Waals surface area contributed by atoms with Gasteiger partial charge in [-0.15, -0.1) is 0 Å². The Kier molecular flexibility index (Phi) is 3.64. The molecule has 0 radical (unpaired) electrons. The standard InChI is InChI=1S/C18H20N2O3/c1-10(2)14-6-15(17(22)7-16(14)21)18(23)20-8-11-3-4-13(19)5-12(11)9-20/h3-7,10,21-22H,8-9,19H2,1-2H3. The van der Waals surface area contributed by atoms with Crippen LogP contribution in [0.4, 0.5) is 5.69 Å². The van der Waals surface area contributed by atoms with Crippen LogP contribution in [0.25, 0.3) is 0 Å². The smallest absolute Gasteiger partial charge is 0.258 e. The molecule has 1 aliphatic heterocycles. The van der Waals surface area contributed by atoms with Crippen LogP contribution in [0.1, 0.15) is 46.8 Å². The molecule has 4 N–H and O–H groups in total. The molecule has 0 fully saturated rings. The molecule has 5 nitrogen and oxygen atoms in total. The molecule has 0 atom stereocenters. The molecule has 2 aromatic carbocycles. The van der Waals surface area contributed by atoms with Crippen molar-refractivity contribution in [3.8, 4) is 11.5 Å². The van der Waals surface area contributed by atoms with E-state index >= 15 is 0 Å². The summed E-state index contributed by atoms with van der Waals surface area (Å²) in [6.07, 6.45) is 0. The maximum Gasteiger partial charge on any atom is 0.258 e. The molecule has 0 aromatic heterocycles. The van der Waals surface area contributed by atoms with E-state index in [0.29, 0.717) is 24.3 Å². The van der Waals surface area contributed by atoms with Crippen molar-refractivity contribution in [2.45, 2.75) is 32.9 Å². The molecule has 0 unspecified atom stereocenters. The number of benzene rings is 2. The predicted molar refractivity (Wildman–Crippen MR) is 88.3 cm³/mol. The number of phenols is 2. The fourth-order valence-electron chi connectivity index (χ4n) is 2.96. The van der Waals surface area contributed by atoms with Gasteiger partial charge in [0.15, 0.2) is 0 Å². The molecule has 1 amide bonds. The number of aromatic hydroxyl groups is 2. The van der Waals surface area contributed by atoms with Gasteiger partial charge in [-0.25, -0.2) is 0 Å². The Labute approximate surface area is 135 Å². The highest BCUT2D eigenvalue weighted by molar-refractivity contribution is 5.97. The van der Waals surface area contributed by atoms with Crippen LogP contribution in [0.5, 0.6) is 11.5 Å². The average Bonchev–Trinajstić information content (AvgIpc) is 2.89. The predicted octanol–water partition coefficient (Wildman–Crippen LogP) is 2.96. The second-order valence-corrected chi connectivity index (χ2v) is 6.27. The van der Waals surface area contributed by atoms with Gasteiger partial charge >= 0.3 is 0 Å². The second kappa shape index (κ2) is 5.50. The largest absolute Gasteiger partial charge is 0.508 e. The van der Waals surface area contributed by atoms with Gasteiger partial charge in [-0.1, -0.05) is 19.9 Å². The second-order valence-electron chi connectivity index (χ2n) is 6.27. The van der Waals surface area contributed by atoms with Crippen LogP contribution in [0.2, 0.25) is 0 Å². The van der Waals surface area contributed by atoms with E-state index in [1.54, 1.807) is 11.0 Å². The molecule has 120 valence electrons. The van der Waals surface area contributed by atoms with Crippen LogP contribution < -0.4 is 5.73 Å². The van der Waals surface area contributed by atoms with E-state index in [9.17, 15) is 15.0 Å². The summed E-state index contributed by atoms with van der Waals surface area (Å²) in [5.74, 6) is -0.393. The molecule has 0 saturated carbocycles. The first kappa shape index (κ1) is 15.2. The lowest BCUT2D eigenvalue weighted by atomic mass is 9.98. The molecule has 2 aromatic rings. The number of rotatable bonds is 2. The van der Waals surface area contributed by atoms with Gasteiger partial charge < -0.3 is 20.8 Å². The quantitative estimate of drug-likeness (QED) is 0.744. The molecule has 5 heteroatoms. The number of hydrogen-bond acceptors (Lipinski definition) is 4. The van der Waals surface area contributed by atoms with Gasteiger partial charge in [0.1, 0.15) is 11.5 Å². The summed E-state index contributed by atoms with van der Waals surface area (Å²) in [6, 6.07) is 8.44. The van der Waals surface area contributed by atoms with Crippen molar-refractivity contribution in [2.24, 2.45) is 0 Å². The van der Waals surface area contributed by atoms with E-state index in [2.05, 4.69) is 0 Å². The van der Waals surface area contributed by atoms with Gasteiger partial charge in [0, 0.05) is 24.8 Å². The molecule has 3 rings (SSSR count). The zero-order valence-corrected chi connectivity index (χ0v) is 13.2. The molecule has 0 saturated heterocycles. The van der Waals surface area contributed by atoms with Crippen LogP contribution in [-0.4, -0.2) is 21.0 Å². The molecular formula is C18H20N2O3. The van der Waals surface area contributed by atoms with Crippen LogP contribution in [0.3, 0.4) is 0 Å². The first-order valence-electron chi connectivity index (χ1n) is 7.59. The van der Waals surface area contributed by atoms with Crippen molar-refractivity contribution in [2.75, 3.05) is 5.73 Å². The van der Waals surface area contributed by atoms with Gasteiger partial charge in [-0.05, 0) is 40.8 Å². The number of phenolic OH excluding ortho intramolecular Hbond substituents is 2. The third-order valence-corrected chi connectivity index (χ3v) is 4.24. The first-order chi connectivity index (χ1) is 10.9. The minimum absolute atomic E-state index is 0.00605. The van der Waals surface area contributed by atoms with Crippen molar-refractivity contribution >= 4 is 11.6 Å². The van der Waals surface area contributed by atoms with Crippen molar-refractivity contribution in [3.63, 3.8) is 0 Å². The molecule has 0 aliphatic carbocycles. The molecule has 0 bridgehead atoms. The number of nitrogens with zero attached hydrogens (tertiary/aromatic N) is 1. The maximum absolute atomic E-state index is 12.8. The summed E-state index contributed by atoms with van der Waals surface area (Å²) >= 11 is 0. The lowest BCUT2D eigenvalue weighted by Gasteiger charge is -2.18. The molecule has 23 heavy (non-hydrogen) atoms. The number of nitrogen functional groups attached to an aromatic ring is 1. The molecule has 1 aliphatic rings. The number of anilines is 1. The maximum atomic E-state index is 12.8. The fourth-order valence-corrected chi connectivity index (χ4v) is 2.96. The van der Waals surface area contributed by atoms with Crippen LogP contribution in [0, 0.1) is 0 Å². The number of carbonyl (C=O) groups excluding carboxylic acids is 1. The first-order valence-corrected chi connectivity index (χ1v) is 7.59. The van der Waals surface area contributed by atoms with E-state index in [4.69, 9.17) is 5.73 Å². The number of hydrogen-bond donors (Lipinski definition) is 3. The zero-order chi connectivity index (χ0) is 16.7. The molecule has 1 heterocycles. The topological polar surface area (TPSA) is 86.8 Å². The highest BCUT2D eigenvalue weighted by Gasteiger charge is 2.27. The summed E-state index contributed by atoms with van der Waals surface area (Å²) in [4.78, 5) is 14.4. The normalized spacial score (nSPS) is 13.4. The summed E-state index contributed by atoms with van der Waals surface area (Å²) in [6.45, 7) is 4.81. The van der Waals surface area contributed by atoms with Gasteiger partial charge in [0.2, 0.25) is 0 Å². The number of carbonyl (C=O) groups is 1. The Bertz CT molecular complexity index is 784. The number of nitrogens with two attached hydrogens (primary N) is 1. The molecular weight excluding hydrogens is 292 g/mol. The third kappa shape index (κ3) is 2.70. The van der Waals surface area contributed by atoms with Crippen LogP contribution in [-0.2, 0) is 13.1 Å². The van der Waals surface area contributed by atoms with Crippen molar-refractivity contribution in [1.29, 1.82) is 0 Å². The summed E-state index contributed by atoms with van der Waals surface area (Å²) < 4.78 is 0. The van der Waals surface area contributed by atoms with Crippen molar-refractivity contribution < 1.29 is 15.0 Å². The summed E-state index contributed by atoms with van der Waals surface area (Å²) in [5.41, 5.74) is 9.41. The van der Waals surface area contributed by atoms with E-state index in [1.165, 1.54) is 6.07 Å². The van der Waals surface area contributed by atoms with E-state index in [1.807, 2.05) is 32.0 Å². The number of amides is 1. The fraction of sp³-hybridized carbons (Fsp3) is 0.278. The summed E-state index contributed by atoms with van der Waals surface area (Å²) in [5, 5.41) is 20.0. The highest BCUT2D eigenvalue weighted by Crippen LogP contribution is 2.34. The Morgan fingerprint density at radius 1 is 1.09 bits per heavy atom. The Morgan fingerprint density at radius 3 is 2.48 bits per heavy atom. The SMILES string of the molecule is CC(C)c1cc(C(=O)N2Cc3ccc(N)cc3C2)c(O)cc1O. The van der Waals surface area contributed by atoms with E-state index in [-0.39, 0.29) is 28.9 Å². The van der Waals surface area contributed by atoms with Crippen molar-refractivity contribution in [1.82, 2.24) is 4.90 Å². The van der Waals surface area contributed by atoms with Crippen LogP contribution >= 0.6 is 0 Å². The highest BCUT2D eigenvalue weighted by atomic mass is 16.3. The third-order valence-electron chi connectivity index (χ3n) is 4.24. The average molecular weight is 312 g/mol. The minimum atomic E-state index is -0.251. The van der Waals surface area contributed by atoms with E-state index < -0.39 is 0 Å². The zero-order valence-electron chi connectivity index (χ0n) is 13.2. The lowest BCUT2D eigenvalue weighted by molar-refractivity contribution is 0.0748. The Hall–Kier alpha value is -2.69. The van der Waals surface area contributed by atoms with Gasteiger partial charge in [0.05, 0.1) is 5.56 Å². The monoisotopic (exact) mass is 312 g/mol. The van der Waals surface area contributed by atoms with Crippen LogP contribution in [0.15, 0.2) is 30.3 Å². The Balaban J connectivity index is 1.92. The minimum Gasteiger partial charge on any atom is -0.508 e. The van der Waals surface area contributed by atoms with Gasteiger partial charge in [0.25, 0.3) is 5.91 Å². The lowest BCUT2D eigenvalue weighted by Crippen LogP contribution is -2.25. The summed E-state index contributed by atoms with van der Waals surface area (Å²) in [7, 11) is 0. The number of fused-ring (bicyclic) bond motifs is 1. The Morgan fingerprint density at radius 2 is 1.78 bits per heavy atom. The van der Waals surface area contributed by atoms with Crippen molar-refractivity contribution in [3.05, 3.63) is 52.6 Å². The van der Waals surface area contributed by atoms with E-state index in [0.717, 1.165) is 11.1 Å². The molecule has 0 spiro atoms.